The predicted octanol–water partition coefficient (Wildman–Crippen LogP) is 2.95. The number of hydrogen-bond acceptors (Lipinski definition) is 1. The van der Waals surface area contributed by atoms with Crippen molar-refractivity contribution >= 4 is 12.4 Å². The summed E-state index contributed by atoms with van der Waals surface area (Å²) >= 11 is 0. The first-order chi connectivity index (χ1) is 5.84. The second-order valence-electron chi connectivity index (χ2n) is 2.83. The summed E-state index contributed by atoms with van der Waals surface area (Å²) < 4.78 is 0. The van der Waals surface area contributed by atoms with Crippen LogP contribution in [0.1, 0.15) is 18.5 Å². The van der Waals surface area contributed by atoms with E-state index in [-0.39, 0.29) is 12.4 Å². The van der Waals surface area contributed by atoms with Gasteiger partial charge in [0.15, 0.2) is 0 Å². The van der Waals surface area contributed by atoms with Gasteiger partial charge in [-0.2, -0.15) is 0 Å². The summed E-state index contributed by atoms with van der Waals surface area (Å²) in [4.78, 5) is 0. The molecule has 1 N–H and O–H groups in total. The summed E-state index contributed by atoms with van der Waals surface area (Å²) in [5.74, 6) is 0. The number of benzene rings is 1. The summed E-state index contributed by atoms with van der Waals surface area (Å²) in [6.45, 7) is 6.67. The molecule has 0 amide bonds. The monoisotopic (exact) mass is 197 g/mol. The molecule has 0 fully saturated rings. The first kappa shape index (κ1) is 12.2. The first-order valence-electron chi connectivity index (χ1n) is 4.24. The third kappa shape index (κ3) is 4.11. The second-order valence-corrected chi connectivity index (χ2v) is 2.83. The third-order valence-electron chi connectivity index (χ3n) is 1.87. The Kier molecular flexibility index (Phi) is 6.29. The minimum atomic E-state index is 0. The summed E-state index contributed by atoms with van der Waals surface area (Å²) in [5, 5.41) is 3.33. The quantitative estimate of drug-likeness (QED) is 0.732. The second kappa shape index (κ2) is 6.70. The zero-order valence-corrected chi connectivity index (χ0v) is 8.68. The molecule has 1 unspecified atom stereocenters. The maximum atomic E-state index is 3.66. The lowest BCUT2D eigenvalue weighted by atomic mass is 10.1. The Morgan fingerprint density at radius 3 is 2.54 bits per heavy atom. The molecule has 0 aromatic heterocycles. The van der Waals surface area contributed by atoms with E-state index in [9.17, 15) is 0 Å². The van der Waals surface area contributed by atoms with Crippen LogP contribution in [0, 0.1) is 0 Å². The highest BCUT2D eigenvalue weighted by Gasteiger charge is 2.00. The van der Waals surface area contributed by atoms with Crippen molar-refractivity contribution < 1.29 is 0 Å². The van der Waals surface area contributed by atoms with E-state index in [1.165, 1.54) is 5.56 Å². The zero-order valence-electron chi connectivity index (χ0n) is 7.86. The maximum absolute atomic E-state index is 3.66. The van der Waals surface area contributed by atoms with Crippen LogP contribution in [0.25, 0.3) is 0 Å². The third-order valence-corrected chi connectivity index (χ3v) is 1.87. The van der Waals surface area contributed by atoms with Gasteiger partial charge >= 0.3 is 0 Å². The van der Waals surface area contributed by atoms with Gasteiger partial charge in [-0.05, 0) is 12.5 Å². The molecule has 0 bridgehead atoms. The van der Waals surface area contributed by atoms with Gasteiger partial charge in [-0.15, -0.1) is 19.0 Å². The van der Waals surface area contributed by atoms with E-state index in [4.69, 9.17) is 0 Å². The molecule has 0 aliphatic heterocycles. The number of halogens is 1. The summed E-state index contributed by atoms with van der Waals surface area (Å²) in [5.41, 5.74) is 1.32. The summed E-state index contributed by atoms with van der Waals surface area (Å²) in [6, 6.07) is 10.8. The van der Waals surface area contributed by atoms with Gasteiger partial charge in [0.1, 0.15) is 0 Å². The molecule has 0 heterocycles. The van der Waals surface area contributed by atoms with Crippen LogP contribution in [0.15, 0.2) is 43.0 Å². The molecule has 1 nitrogen and oxygen atoms in total. The molecule has 0 aliphatic rings. The van der Waals surface area contributed by atoms with Crippen molar-refractivity contribution in [3.8, 4) is 0 Å². The predicted molar refractivity (Wildman–Crippen MR) is 60.3 cm³/mol. The lowest BCUT2D eigenvalue weighted by molar-refractivity contribution is 0.618. The molecule has 1 aromatic carbocycles. The number of hydrogen-bond donors (Lipinski definition) is 1. The molecule has 0 saturated heterocycles. The molecule has 0 radical (unpaired) electrons. The van der Waals surface area contributed by atoms with Gasteiger partial charge in [-0.25, -0.2) is 0 Å². The van der Waals surface area contributed by atoms with Gasteiger partial charge < -0.3 is 5.32 Å². The van der Waals surface area contributed by atoms with Crippen LogP contribution in [-0.4, -0.2) is 6.54 Å². The summed E-state index contributed by atoms with van der Waals surface area (Å²) in [7, 11) is 0. The van der Waals surface area contributed by atoms with Crippen LogP contribution in [0.2, 0.25) is 0 Å². The molecule has 1 rings (SSSR count). The minimum Gasteiger partial charge on any atom is -0.307 e. The average Bonchev–Trinajstić information content (AvgIpc) is 2.15. The lowest BCUT2D eigenvalue weighted by Gasteiger charge is -2.11. The molecule has 2 heteroatoms. The minimum absolute atomic E-state index is 0. The Morgan fingerprint density at radius 1 is 1.38 bits per heavy atom. The number of nitrogens with one attached hydrogen (secondary N) is 1. The van der Waals surface area contributed by atoms with Gasteiger partial charge in [-0.1, -0.05) is 36.4 Å². The van der Waals surface area contributed by atoms with Gasteiger partial charge in [-0.3, -0.25) is 0 Å². The van der Waals surface area contributed by atoms with E-state index in [0.29, 0.717) is 6.04 Å². The van der Waals surface area contributed by atoms with E-state index < -0.39 is 0 Å². The Hall–Kier alpha value is -0.790. The van der Waals surface area contributed by atoms with Crippen LogP contribution in [-0.2, 0) is 0 Å². The topological polar surface area (TPSA) is 12.0 Å². The van der Waals surface area contributed by atoms with Crippen molar-refractivity contribution in [1.29, 1.82) is 0 Å². The van der Waals surface area contributed by atoms with Crippen molar-refractivity contribution in [3.63, 3.8) is 0 Å². The van der Waals surface area contributed by atoms with Crippen LogP contribution in [0.3, 0.4) is 0 Å². The maximum Gasteiger partial charge on any atom is 0.0294 e. The fourth-order valence-corrected chi connectivity index (χ4v) is 1.12. The SMILES string of the molecule is C=CCNC(C)c1ccccc1.Cl. The molecule has 0 saturated carbocycles. The van der Waals surface area contributed by atoms with Gasteiger partial charge in [0, 0.05) is 12.6 Å². The smallest absolute Gasteiger partial charge is 0.0294 e. The van der Waals surface area contributed by atoms with E-state index in [0.717, 1.165) is 6.54 Å². The van der Waals surface area contributed by atoms with Gasteiger partial charge in [0.2, 0.25) is 0 Å². The molecule has 0 spiro atoms. The molecule has 0 aliphatic carbocycles. The standard InChI is InChI=1S/C11H15N.ClH/c1-3-9-12-10(2)11-7-5-4-6-8-11;/h3-8,10,12H,1,9H2,2H3;1H. The van der Waals surface area contributed by atoms with E-state index in [2.05, 4.69) is 43.1 Å². The van der Waals surface area contributed by atoms with Crippen LogP contribution in [0.4, 0.5) is 0 Å². The highest BCUT2D eigenvalue weighted by Crippen LogP contribution is 2.10. The van der Waals surface area contributed by atoms with Crippen molar-refractivity contribution in [3.05, 3.63) is 48.6 Å². The normalized spacial score (nSPS) is 11.5. The fraction of sp³-hybridized carbons (Fsp3) is 0.273. The molecule has 1 aromatic rings. The zero-order chi connectivity index (χ0) is 8.81. The van der Waals surface area contributed by atoms with Crippen LogP contribution >= 0.6 is 12.4 Å². The Bertz CT molecular complexity index is 233. The van der Waals surface area contributed by atoms with Crippen molar-refractivity contribution in [2.75, 3.05) is 6.54 Å². The molecule has 1 atom stereocenters. The van der Waals surface area contributed by atoms with Crippen molar-refractivity contribution in [2.24, 2.45) is 0 Å². The van der Waals surface area contributed by atoms with E-state index >= 15 is 0 Å². The van der Waals surface area contributed by atoms with Crippen LogP contribution < -0.4 is 5.32 Å². The van der Waals surface area contributed by atoms with Crippen molar-refractivity contribution in [1.82, 2.24) is 5.32 Å². The lowest BCUT2D eigenvalue weighted by Crippen LogP contribution is -2.17. The summed E-state index contributed by atoms with van der Waals surface area (Å²) in [6.07, 6.45) is 1.87. The van der Waals surface area contributed by atoms with Crippen LogP contribution in [0.5, 0.6) is 0 Å². The molecule has 72 valence electrons. The first-order valence-corrected chi connectivity index (χ1v) is 4.24. The largest absolute Gasteiger partial charge is 0.307 e. The van der Waals surface area contributed by atoms with Gasteiger partial charge in [0.05, 0.1) is 0 Å². The average molecular weight is 198 g/mol. The van der Waals surface area contributed by atoms with Gasteiger partial charge in [0.25, 0.3) is 0 Å². The molecular weight excluding hydrogens is 182 g/mol. The Labute approximate surface area is 86.3 Å². The highest BCUT2D eigenvalue weighted by atomic mass is 35.5. The van der Waals surface area contributed by atoms with E-state index in [1.807, 2.05) is 12.1 Å². The molecular formula is C11H16ClN. The fourth-order valence-electron chi connectivity index (χ4n) is 1.12. The molecule has 13 heavy (non-hydrogen) atoms. The Morgan fingerprint density at radius 2 is 2.00 bits per heavy atom. The Balaban J connectivity index is 0.00000144. The van der Waals surface area contributed by atoms with Crippen molar-refractivity contribution in [2.45, 2.75) is 13.0 Å². The highest BCUT2D eigenvalue weighted by molar-refractivity contribution is 5.85. The number of rotatable bonds is 4. The van der Waals surface area contributed by atoms with E-state index in [1.54, 1.807) is 0 Å².